The van der Waals surface area contributed by atoms with Gasteiger partial charge in [-0.05, 0) is 55.5 Å². The van der Waals surface area contributed by atoms with Crippen LogP contribution in [0.2, 0.25) is 5.02 Å². The van der Waals surface area contributed by atoms with Crippen molar-refractivity contribution < 1.29 is 14.3 Å². The molecule has 0 N–H and O–H groups in total. The summed E-state index contributed by atoms with van der Waals surface area (Å²) in [7, 11) is 0. The maximum atomic E-state index is 12.6. The predicted molar refractivity (Wildman–Crippen MR) is 121 cm³/mol. The molecule has 0 amide bonds. The van der Waals surface area contributed by atoms with Crippen LogP contribution in [0, 0.1) is 6.92 Å². The summed E-state index contributed by atoms with van der Waals surface area (Å²) in [6.07, 6.45) is 0. The predicted octanol–water partition coefficient (Wildman–Crippen LogP) is 5.97. The molecule has 0 radical (unpaired) electrons. The highest BCUT2D eigenvalue weighted by Gasteiger charge is 2.22. The van der Waals surface area contributed by atoms with Crippen LogP contribution in [-0.4, -0.2) is 22.4 Å². The number of carbonyl (C=O) groups is 1. The fourth-order valence-corrected chi connectivity index (χ4v) is 3.92. The second kappa shape index (κ2) is 9.73. The van der Waals surface area contributed by atoms with Crippen LogP contribution < -0.4 is 9.47 Å². The van der Waals surface area contributed by atoms with Gasteiger partial charge in [-0.3, -0.25) is 0 Å². The minimum Gasteiger partial charge on any atom is -0.482 e. The molecular formula is C24H19ClN2O3S. The Morgan fingerprint density at radius 3 is 2.29 bits per heavy atom. The first-order valence-corrected chi connectivity index (χ1v) is 10.8. The smallest absolute Gasteiger partial charge is 0.350 e. The van der Waals surface area contributed by atoms with Gasteiger partial charge in [0.1, 0.15) is 5.75 Å². The maximum Gasteiger partial charge on any atom is 0.350 e. The normalized spacial score (nSPS) is 10.6. The highest BCUT2D eigenvalue weighted by Crippen LogP contribution is 2.39. The Labute approximate surface area is 189 Å². The van der Waals surface area contributed by atoms with Crippen molar-refractivity contribution in [3.63, 3.8) is 0 Å². The van der Waals surface area contributed by atoms with E-state index in [1.54, 1.807) is 28.9 Å². The number of nitrogens with zero attached hydrogens (tertiary/aromatic N) is 2. The molecule has 0 aliphatic heterocycles. The summed E-state index contributed by atoms with van der Waals surface area (Å²) in [5.74, 6) is 0.372. The largest absolute Gasteiger partial charge is 0.482 e. The number of rotatable bonds is 7. The molecule has 5 nitrogen and oxygen atoms in total. The van der Waals surface area contributed by atoms with Crippen molar-refractivity contribution in [3.8, 4) is 17.3 Å². The highest BCUT2D eigenvalue weighted by atomic mass is 35.5. The zero-order valence-electron chi connectivity index (χ0n) is 16.7. The Morgan fingerprint density at radius 2 is 1.61 bits per heavy atom. The molecule has 4 aromatic rings. The average molecular weight is 451 g/mol. The number of hydrogen-bond acceptors (Lipinski definition) is 5. The maximum absolute atomic E-state index is 12.6. The number of aryl methyl sites for hydroxylation is 1. The van der Waals surface area contributed by atoms with Crippen LogP contribution in [0.5, 0.6) is 11.6 Å². The molecule has 0 aliphatic rings. The monoisotopic (exact) mass is 450 g/mol. The van der Waals surface area contributed by atoms with Gasteiger partial charge in [-0.2, -0.15) is 9.78 Å². The lowest BCUT2D eigenvalue weighted by Crippen LogP contribution is -2.19. The van der Waals surface area contributed by atoms with Crippen molar-refractivity contribution in [2.75, 3.05) is 6.61 Å². The van der Waals surface area contributed by atoms with E-state index >= 15 is 0 Å². The van der Waals surface area contributed by atoms with Crippen LogP contribution >= 0.6 is 23.4 Å². The molecule has 1 heterocycles. The number of para-hydroxylation sites is 1. The van der Waals surface area contributed by atoms with Gasteiger partial charge < -0.3 is 9.47 Å². The molecule has 0 spiro atoms. The second-order valence-electron chi connectivity index (χ2n) is 6.60. The second-order valence-corrected chi connectivity index (χ2v) is 8.12. The molecule has 3 aromatic carbocycles. The Balaban J connectivity index is 1.60. The number of esters is 1. The molecular weight excluding hydrogens is 432 g/mol. The lowest BCUT2D eigenvalue weighted by atomic mass is 10.3. The number of halogens is 1. The van der Waals surface area contributed by atoms with E-state index in [1.165, 1.54) is 11.8 Å². The topological polar surface area (TPSA) is 53.4 Å². The molecule has 0 unspecified atom stereocenters. The first-order chi connectivity index (χ1) is 15.1. The van der Waals surface area contributed by atoms with Crippen LogP contribution in [0.15, 0.2) is 94.7 Å². The Bertz CT molecular complexity index is 1160. The average Bonchev–Trinajstić information content (AvgIpc) is 3.10. The van der Waals surface area contributed by atoms with Crippen molar-refractivity contribution in [1.82, 2.24) is 9.78 Å². The molecule has 4 rings (SSSR count). The summed E-state index contributed by atoms with van der Waals surface area (Å²) in [6, 6.07) is 26.2. The van der Waals surface area contributed by atoms with E-state index in [-0.39, 0.29) is 6.61 Å². The molecule has 1 aromatic heterocycles. The van der Waals surface area contributed by atoms with E-state index in [4.69, 9.17) is 21.1 Å². The number of benzene rings is 3. The third kappa shape index (κ3) is 5.29. The van der Waals surface area contributed by atoms with E-state index in [9.17, 15) is 4.79 Å². The van der Waals surface area contributed by atoms with Crippen molar-refractivity contribution in [3.05, 3.63) is 95.6 Å². The van der Waals surface area contributed by atoms with Crippen molar-refractivity contribution in [2.45, 2.75) is 16.7 Å². The van der Waals surface area contributed by atoms with Crippen LogP contribution in [0.4, 0.5) is 0 Å². The van der Waals surface area contributed by atoms with Gasteiger partial charge in [0.2, 0.25) is 5.88 Å². The van der Waals surface area contributed by atoms with E-state index in [0.29, 0.717) is 16.7 Å². The number of hydrogen-bond donors (Lipinski definition) is 0. The van der Waals surface area contributed by atoms with Crippen LogP contribution in [0.25, 0.3) is 5.69 Å². The van der Waals surface area contributed by atoms with Gasteiger partial charge in [0.05, 0.1) is 16.3 Å². The molecule has 0 aliphatic carbocycles. The number of ether oxygens (including phenoxy) is 2. The molecule has 7 heteroatoms. The van der Waals surface area contributed by atoms with Gasteiger partial charge in [-0.15, -0.1) is 0 Å². The fourth-order valence-electron chi connectivity index (χ4n) is 2.86. The van der Waals surface area contributed by atoms with Gasteiger partial charge in [-0.25, -0.2) is 4.79 Å². The molecule has 156 valence electrons. The summed E-state index contributed by atoms with van der Waals surface area (Å²) in [4.78, 5) is 14.4. The van der Waals surface area contributed by atoms with Crippen molar-refractivity contribution in [2.24, 2.45) is 0 Å². The van der Waals surface area contributed by atoms with Gasteiger partial charge >= 0.3 is 5.97 Å². The third-order valence-electron chi connectivity index (χ3n) is 4.31. The SMILES string of the molecule is Cc1nn(-c2ccccc2)c(OC(=O)COc2ccc(Cl)cc2)c1Sc1ccccc1. The quantitative estimate of drug-likeness (QED) is 0.325. The van der Waals surface area contributed by atoms with E-state index in [1.807, 2.05) is 67.6 Å². The fraction of sp³-hybridized carbons (Fsp3) is 0.0833. The number of carbonyl (C=O) groups excluding carboxylic acids is 1. The van der Waals surface area contributed by atoms with Gasteiger partial charge in [0.15, 0.2) is 6.61 Å². The highest BCUT2D eigenvalue weighted by molar-refractivity contribution is 7.99. The molecule has 0 saturated carbocycles. The summed E-state index contributed by atoms with van der Waals surface area (Å²) >= 11 is 7.38. The zero-order valence-corrected chi connectivity index (χ0v) is 18.3. The molecule has 0 atom stereocenters. The van der Waals surface area contributed by atoms with Crippen LogP contribution in [0.1, 0.15) is 5.69 Å². The van der Waals surface area contributed by atoms with Gasteiger partial charge in [0, 0.05) is 9.92 Å². The van der Waals surface area contributed by atoms with E-state index in [2.05, 4.69) is 5.10 Å². The van der Waals surface area contributed by atoms with Crippen molar-refractivity contribution in [1.29, 1.82) is 0 Å². The Morgan fingerprint density at radius 1 is 0.968 bits per heavy atom. The Hall–Kier alpha value is -3.22. The lowest BCUT2D eigenvalue weighted by Gasteiger charge is -2.11. The standard InChI is InChI=1S/C24H19ClN2O3S/c1-17-23(31-21-10-6-3-7-11-21)24(27(26-17)19-8-4-2-5-9-19)30-22(28)16-29-20-14-12-18(25)13-15-20/h2-15H,16H2,1H3. The van der Waals surface area contributed by atoms with Gasteiger partial charge in [-0.1, -0.05) is 59.8 Å². The van der Waals surface area contributed by atoms with Crippen LogP contribution in [0.3, 0.4) is 0 Å². The molecule has 0 bridgehead atoms. The Kier molecular flexibility index (Phi) is 6.60. The van der Waals surface area contributed by atoms with E-state index < -0.39 is 5.97 Å². The van der Waals surface area contributed by atoms with Gasteiger partial charge in [0.25, 0.3) is 0 Å². The third-order valence-corrected chi connectivity index (χ3v) is 5.74. The zero-order chi connectivity index (χ0) is 21.6. The summed E-state index contributed by atoms with van der Waals surface area (Å²) in [5.41, 5.74) is 1.56. The lowest BCUT2D eigenvalue weighted by molar-refractivity contribution is -0.137. The summed E-state index contributed by atoms with van der Waals surface area (Å²) < 4.78 is 12.9. The van der Waals surface area contributed by atoms with Crippen LogP contribution in [-0.2, 0) is 4.79 Å². The molecule has 0 saturated heterocycles. The summed E-state index contributed by atoms with van der Waals surface area (Å²) in [5, 5.41) is 5.22. The molecule has 31 heavy (non-hydrogen) atoms. The minimum absolute atomic E-state index is 0.240. The number of aromatic nitrogens is 2. The summed E-state index contributed by atoms with van der Waals surface area (Å²) in [6.45, 7) is 1.66. The first kappa shape index (κ1) is 21.0. The van der Waals surface area contributed by atoms with E-state index in [0.717, 1.165) is 21.2 Å². The minimum atomic E-state index is -0.526. The first-order valence-electron chi connectivity index (χ1n) is 9.57. The molecule has 0 fully saturated rings. The van der Waals surface area contributed by atoms with Crippen molar-refractivity contribution >= 4 is 29.3 Å².